The summed E-state index contributed by atoms with van der Waals surface area (Å²) >= 11 is 0. The van der Waals surface area contributed by atoms with Gasteiger partial charge < -0.3 is 4.74 Å². The van der Waals surface area contributed by atoms with Gasteiger partial charge in [0.25, 0.3) is 0 Å². The van der Waals surface area contributed by atoms with Gasteiger partial charge in [0.05, 0.1) is 0 Å². The summed E-state index contributed by atoms with van der Waals surface area (Å²) in [7, 11) is 0. The average molecular weight is 481 g/mol. The molecular weight excluding hydrogens is 428 g/mol. The summed E-state index contributed by atoms with van der Waals surface area (Å²) in [4.78, 5) is 11.7. The lowest BCUT2D eigenvalue weighted by atomic mass is 9.46. The van der Waals surface area contributed by atoms with E-state index < -0.39 is 0 Å². The van der Waals surface area contributed by atoms with E-state index in [1.165, 1.54) is 32.1 Å². The minimum atomic E-state index is -0.126. The summed E-state index contributed by atoms with van der Waals surface area (Å²) in [6, 6.07) is 0. The van der Waals surface area contributed by atoms with Crippen molar-refractivity contribution in [3.8, 4) is 0 Å². The van der Waals surface area contributed by atoms with Crippen LogP contribution in [0.25, 0.3) is 0 Å². The van der Waals surface area contributed by atoms with Gasteiger partial charge in [-0.25, -0.2) is 0 Å². The third-order valence-corrected chi connectivity index (χ3v) is 11.8. The molecule has 196 valence electrons. The van der Waals surface area contributed by atoms with Crippen molar-refractivity contribution in [2.24, 2.45) is 45.8 Å². The van der Waals surface area contributed by atoms with E-state index in [0.29, 0.717) is 23.2 Å². The van der Waals surface area contributed by atoms with Crippen LogP contribution >= 0.6 is 0 Å². The van der Waals surface area contributed by atoms with Crippen LogP contribution in [0.5, 0.6) is 0 Å². The smallest absolute Gasteiger partial charge is 0.302 e. The summed E-state index contributed by atoms with van der Waals surface area (Å²) < 4.78 is 5.76. The monoisotopic (exact) mass is 480 g/mol. The fourth-order valence-electron chi connectivity index (χ4n) is 9.31. The Balaban J connectivity index is 1.58. The zero-order chi connectivity index (χ0) is 25.8. The lowest BCUT2D eigenvalue weighted by Crippen LogP contribution is -2.51. The van der Waals surface area contributed by atoms with Crippen LogP contribution in [0.4, 0.5) is 0 Å². The molecule has 0 bridgehead atoms. The van der Waals surface area contributed by atoms with E-state index in [9.17, 15) is 4.79 Å². The van der Waals surface area contributed by atoms with Crippen molar-refractivity contribution in [2.75, 3.05) is 0 Å². The highest BCUT2D eigenvalue weighted by Gasteiger charge is 2.62. The van der Waals surface area contributed by atoms with E-state index in [-0.39, 0.29) is 22.9 Å². The predicted molar refractivity (Wildman–Crippen MR) is 147 cm³/mol. The molecule has 8 atom stereocenters. The van der Waals surface area contributed by atoms with E-state index in [1.807, 2.05) is 0 Å². The molecule has 0 N–H and O–H groups in total. The van der Waals surface area contributed by atoms with Gasteiger partial charge in [0.1, 0.15) is 6.10 Å². The van der Waals surface area contributed by atoms with Crippen LogP contribution in [0.2, 0.25) is 0 Å². The van der Waals surface area contributed by atoms with Crippen LogP contribution in [0.3, 0.4) is 0 Å². The molecule has 0 aromatic carbocycles. The first kappa shape index (κ1) is 26.7. The molecule has 4 aliphatic rings. The average Bonchev–Trinajstić information content (AvgIpc) is 3.07. The van der Waals surface area contributed by atoms with Gasteiger partial charge in [-0.2, -0.15) is 0 Å². The molecule has 0 aliphatic heterocycles. The van der Waals surface area contributed by atoms with Crippen LogP contribution in [0.1, 0.15) is 114 Å². The maximum atomic E-state index is 11.7. The Labute approximate surface area is 216 Å². The molecule has 2 fully saturated rings. The first-order valence-electron chi connectivity index (χ1n) is 14.6. The Hall–Kier alpha value is -1.31. The van der Waals surface area contributed by atoms with E-state index in [0.717, 1.165) is 31.1 Å². The first-order valence-corrected chi connectivity index (χ1v) is 14.6. The Morgan fingerprint density at radius 1 is 1.11 bits per heavy atom. The van der Waals surface area contributed by atoms with Crippen molar-refractivity contribution in [3.05, 3.63) is 34.9 Å². The normalized spacial score (nSPS) is 41.9. The summed E-state index contributed by atoms with van der Waals surface area (Å²) in [6.45, 7) is 21.1. The number of carbonyl (C=O) groups excluding carboxylic acids is 1. The SMILES string of the molecule is C/C=C(\CC[C@@H](C)[C@H]1CC[C@@]2(C)C3=CC[C@H]4[C@H](C)[C@@H](OC(C)=O)CC[C@]4(C)C3=CC[C@]12C)C(C)C. The molecule has 0 aromatic heterocycles. The van der Waals surface area contributed by atoms with Crippen molar-refractivity contribution in [1.29, 1.82) is 0 Å². The number of hydrogen-bond donors (Lipinski definition) is 0. The van der Waals surface area contributed by atoms with Crippen LogP contribution < -0.4 is 0 Å². The Morgan fingerprint density at radius 3 is 2.46 bits per heavy atom. The highest BCUT2D eigenvalue weighted by Crippen LogP contribution is 2.71. The van der Waals surface area contributed by atoms with Gasteiger partial charge in [-0.3, -0.25) is 4.79 Å². The largest absolute Gasteiger partial charge is 0.462 e. The second-order valence-corrected chi connectivity index (χ2v) is 13.7. The standard InChI is InChI=1S/C33H52O2/c1-10-25(21(2)3)12-11-22(4)26-15-19-33(9)29-14-13-27-23(5)30(35-24(6)34)17-18-31(27,7)28(29)16-20-32(26,33)8/h10,14,16,21-23,26-27,30H,11-13,15,17-20H2,1-9H3/b25-10+/t22-,23+,26-,27+,30+,31+,32-,33+/m1/s1. The molecule has 0 amide bonds. The van der Waals surface area contributed by atoms with Crippen molar-refractivity contribution >= 4 is 5.97 Å². The predicted octanol–water partition coefficient (Wildman–Crippen LogP) is 9.07. The topological polar surface area (TPSA) is 26.3 Å². The lowest BCUT2D eigenvalue weighted by Gasteiger charge is -2.59. The zero-order valence-electron chi connectivity index (χ0n) is 24.2. The van der Waals surface area contributed by atoms with Crippen LogP contribution in [-0.2, 0) is 9.53 Å². The van der Waals surface area contributed by atoms with Crippen LogP contribution in [-0.4, -0.2) is 12.1 Å². The zero-order valence-corrected chi connectivity index (χ0v) is 24.2. The van der Waals surface area contributed by atoms with E-state index in [4.69, 9.17) is 4.74 Å². The fourth-order valence-corrected chi connectivity index (χ4v) is 9.31. The molecule has 2 heteroatoms. The number of allylic oxidation sites excluding steroid dienone is 6. The van der Waals surface area contributed by atoms with Crippen molar-refractivity contribution in [3.63, 3.8) is 0 Å². The van der Waals surface area contributed by atoms with Gasteiger partial charge in [-0.05, 0) is 115 Å². The lowest BCUT2D eigenvalue weighted by molar-refractivity contribution is -0.155. The summed E-state index contributed by atoms with van der Waals surface area (Å²) in [5, 5.41) is 0. The third-order valence-electron chi connectivity index (χ3n) is 11.8. The molecule has 2 nitrogen and oxygen atoms in total. The number of fused-ring (bicyclic) bond motifs is 5. The van der Waals surface area contributed by atoms with Gasteiger partial charge in [0.2, 0.25) is 0 Å². The third kappa shape index (κ3) is 4.19. The van der Waals surface area contributed by atoms with Gasteiger partial charge in [0, 0.05) is 6.92 Å². The molecular formula is C33H52O2. The maximum Gasteiger partial charge on any atom is 0.302 e. The minimum absolute atomic E-state index is 0.0789. The minimum Gasteiger partial charge on any atom is -0.462 e. The molecule has 0 spiro atoms. The molecule has 0 aromatic rings. The van der Waals surface area contributed by atoms with Crippen molar-refractivity contribution in [2.45, 2.75) is 120 Å². The molecule has 0 unspecified atom stereocenters. The number of hydrogen-bond acceptors (Lipinski definition) is 2. The van der Waals surface area contributed by atoms with Crippen molar-refractivity contribution < 1.29 is 9.53 Å². The second kappa shape index (κ2) is 9.53. The van der Waals surface area contributed by atoms with Crippen molar-refractivity contribution in [1.82, 2.24) is 0 Å². The van der Waals surface area contributed by atoms with Crippen LogP contribution in [0.15, 0.2) is 34.9 Å². The molecule has 4 rings (SSSR count). The Kier molecular flexibility index (Phi) is 7.28. The second-order valence-electron chi connectivity index (χ2n) is 13.7. The van der Waals surface area contributed by atoms with Gasteiger partial charge in [-0.15, -0.1) is 0 Å². The summed E-state index contributed by atoms with van der Waals surface area (Å²) in [5.41, 5.74) is 5.81. The number of esters is 1. The maximum absolute atomic E-state index is 11.7. The molecule has 0 radical (unpaired) electrons. The van der Waals surface area contributed by atoms with E-state index >= 15 is 0 Å². The number of carbonyl (C=O) groups is 1. The molecule has 4 aliphatic carbocycles. The first-order chi connectivity index (χ1) is 16.4. The van der Waals surface area contributed by atoms with Gasteiger partial charge >= 0.3 is 5.97 Å². The molecule has 35 heavy (non-hydrogen) atoms. The van der Waals surface area contributed by atoms with E-state index in [2.05, 4.69) is 73.6 Å². The van der Waals surface area contributed by atoms with Gasteiger partial charge in [0.15, 0.2) is 0 Å². The Bertz CT molecular complexity index is 921. The number of rotatable bonds is 6. The quantitative estimate of drug-likeness (QED) is 0.280. The summed E-state index contributed by atoms with van der Waals surface area (Å²) in [5.74, 6) is 3.07. The highest BCUT2D eigenvalue weighted by molar-refractivity contribution is 5.66. The molecule has 2 saturated carbocycles. The highest BCUT2D eigenvalue weighted by atomic mass is 16.5. The van der Waals surface area contributed by atoms with E-state index in [1.54, 1.807) is 23.6 Å². The number of ether oxygens (including phenoxy) is 1. The van der Waals surface area contributed by atoms with Gasteiger partial charge in [-0.1, -0.05) is 72.3 Å². The molecule has 0 heterocycles. The van der Waals surface area contributed by atoms with Crippen LogP contribution in [0, 0.1) is 45.8 Å². The Morgan fingerprint density at radius 2 is 1.83 bits per heavy atom. The summed E-state index contributed by atoms with van der Waals surface area (Å²) in [6.07, 6.45) is 17.5. The molecule has 0 saturated heterocycles. The fraction of sp³-hybridized carbons (Fsp3) is 0.788.